The van der Waals surface area contributed by atoms with Gasteiger partial charge in [-0.3, -0.25) is 4.79 Å². The lowest BCUT2D eigenvalue weighted by Gasteiger charge is -2.10. The Kier molecular flexibility index (Phi) is 3.09. The molecule has 0 unspecified atom stereocenters. The minimum absolute atomic E-state index is 0.0273. The van der Waals surface area contributed by atoms with Crippen molar-refractivity contribution in [3.05, 3.63) is 82.9 Å². The number of hydrogen-bond donors (Lipinski definition) is 1. The van der Waals surface area contributed by atoms with Crippen LogP contribution in [0.2, 0.25) is 2.82 Å². The fourth-order valence-electron chi connectivity index (χ4n) is 2.14. The molecule has 1 atom stereocenters. The maximum absolute atomic E-state index is 12.9. The van der Waals surface area contributed by atoms with E-state index in [9.17, 15) is 13.2 Å². The Bertz CT molecular complexity index is 1100. The number of nitrogens with two attached hydrogens (primary N) is 1. The first kappa shape index (κ1) is 11.7. The third kappa shape index (κ3) is 3.83. The quantitative estimate of drug-likeness (QED) is 0.790. The summed E-state index contributed by atoms with van der Waals surface area (Å²) in [6.45, 7) is 1.78. The molecule has 130 valence electrons. The fourth-order valence-corrected chi connectivity index (χ4v) is 2.97. The highest BCUT2D eigenvalue weighted by atomic mass is 32.2. The molecule has 0 spiro atoms. The molecule has 1 aliphatic rings. The monoisotopic (exact) mass is 364 g/mol. The lowest BCUT2D eigenvalue weighted by Crippen LogP contribution is -2.16. The molecule has 0 saturated heterocycles. The molecule has 2 aromatic rings. The van der Waals surface area contributed by atoms with Gasteiger partial charge in [-0.1, -0.05) is 60.2 Å². The number of aryl methyl sites for hydroxylation is 1. The van der Waals surface area contributed by atoms with Crippen molar-refractivity contribution in [1.29, 1.82) is 0 Å². The average molecular weight is 364 g/mol. The summed E-state index contributed by atoms with van der Waals surface area (Å²) in [4.78, 5) is 12.9. The van der Waals surface area contributed by atoms with Gasteiger partial charge in [-0.25, -0.2) is 0 Å². The summed E-state index contributed by atoms with van der Waals surface area (Å²) in [6, 6.07) is 12.9. The molecule has 0 bridgehead atoms. The minimum atomic E-state index is -5.14. The standard InChI is InChI=1S/C18H17NO5S/c1-12-7-9-14(10-8-12)16-15(20)17(18(19)23-16)24-25(21,22)11-13-5-3-2-4-6-13/h2-10,16H,11,19H2,1H3/t16-/m1/s1/i11D2,16D/hD2. The summed E-state index contributed by atoms with van der Waals surface area (Å²) in [5.41, 5.74) is -2.65. The highest BCUT2D eigenvalue weighted by Gasteiger charge is 2.39. The van der Waals surface area contributed by atoms with Crippen LogP contribution in [0.15, 0.2) is 66.2 Å². The van der Waals surface area contributed by atoms with Crippen molar-refractivity contribution in [3.63, 3.8) is 0 Å². The van der Waals surface area contributed by atoms with Crippen LogP contribution < -0.4 is 5.72 Å². The Balaban J connectivity index is 2.02. The van der Waals surface area contributed by atoms with E-state index in [4.69, 9.17) is 15.9 Å². The van der Waals surface area contributed by atoms with Crippen LogP contribution >= 0.6 is 0 Å². The third-order valence-electron chi connectivity index (χ3n) is 3.33. The maximum atomic E-state index is 12.9. The van der Waals surface area contributed by atoms with Crippen molar-refractivity contribution < 1.29 is 29.1 Å². The average Bonchev–Trinajstić information content (AvgIpc) is 2.95. The summed E-state index contributed by atoms with van der Waals surface area (Å²) < 4.78 is 74.4. The predicted molar refractivity (Wildman–Crippen MR) is 91.4 cm³/mol. The molecule has 1 aliphatic heterocycles. The molecular formula is C18H17NO5S. The Morgan fingerprint density at radius 3 is 2.56 bits per heavy atom. The second-order valence-corrected chi connectivity index (χ2v) is 6.55. The zero-order valence-corrected chi connectivity index (χ0v) is 13.9. The molecule has 6 nitrogen and oxygen atoms in total. The Hall–Kier alpha value is -2.80. The van der Waals surface area contributed by atoms with Crippen LogP contribution in [0.5, 0.6) is 0 Å². The van der Waals surface area contributed by atoms with E-state index < -0.39 is 39.3 Å². The molecule has 0 aromatic heterocycles. The van der Waals surface area contributed by atoms with E-state index in [1.165, 1.54) is 36.4 Å². The molecule has 2 N–H and O–H groups in total. The van der Waals surface area contributed by atoms with Crippen molar-refractivity contribution in [3.8, 4) is 0 Å². The van der Waals surface area contributed by atoms with E-state index >= 15 is 0 Å². The summed E-state index contributed by atoms with van der Waals surface area (Å²) >= 11 is 0. The van der Waals surface area contributed by atoms with Gasteiger partial charge in [0.2, 0.25) is 17.4 Å². The van der Waals surface area contributed by atoms with Crippen molar-refractivity contribution >= 4 is 15.9 Å². The maximum Gasteiger partial charge on any atom is 0.313 e. The van der Waals surface area contributed by atoms with Crippen molar-refractivity contribution in [2.45, 2.75) is 18.7 Å². The molecule has 0 fully saturated rings. The highest BCUT2D eigenvalue weighted by molar-refractivity contribution is 7.86. The number of rotatable bonds is 6. The van der Waals surface area contributed by atoms with Crippen molar-refractivity contribution in [1.82, 2.24) is 0 Å². The summed E-state index contributed by atoms with van der Waals surface area (Å²) in [5.74, 6) is -3.34. The van der Waals surface area contributed by atoms with Gasteiger partial charge in [0.1, 0.15) is 5.70 Å². The normalized spacial score (nSPS) is 23.7. The lowest BCUT2D eigenvalue weighted by atomic mass is 10.0. The van der Waals surface area contributed by atoms with Gasteiger partial charge in [0.05, 0.1) is 4.11 Å². The van der Waals surface area contributed by atoms with Crippen LogP contribution in [-0.4, -0.2) is 14.2 Å². The molecule has 0 saturated carbocycles. The van der Waals surface area contributed by atoms with Gasteiger partial charge < -0.3 is 14.6 Å². The first-order chi connectivity index (χ1) is 13.9. The highest BCUT2D eigenvalue weighted by Crippen LogP contribution is 2.32. The topological polar surface area (TPSA) is 95.7 Å². The van der Waals surface area contributed by atoms with Crippen LogP contribution in [0.1, 0.15) is 26.9 Å². The van der Waals surface area contributed by atoms with E-state index in [-0.39, 0.29) is 16.8 Å². The number of ketones is 1. The second kappa shape index (κ2) is 6.60. The van der Waals surface area contributed by atoms with Gasteiger partial charge in [0.25, 0.3) is 0 Å². The zero-order valence-electron chi connectivity index (χ0n) is 18.1. The smallest absolute Gasteiger partial charge is 0.313 e. The number of carbonyl (C=O) groups excluding carboxylic acids is 1. The molecule has 3 rings (SSSR count). The number of hydrogen-bond acceptors (Lipinski definition) is 6. The van der Waals surface area contributed by atoms with Crippen LogP contribution in [0.25, 0.3) is 0 Å². The zero-order chi connectivity index (χ0) is 22.3. The van der Waals surface area contributed by atoms with E-state index in [1.807, 2.05) is 0 Å². The summed E-state index contributed by atoms with van der Waals surface area (Å²) in [7, 11) is -5.14. The van der Waals surface area contributed by atoms with Gasteiger partial charge in [-0.15, -0.1) is 0 Å². The molecule has 0 aliphatic carbocycles. The van der Waals surface area contributed by atoms with E-state index in [0.29, 0.717) is 0 Å². The first-order valence-corrected chi connectivity index (χ1v) is 8.63. The lowest BCUT2D eigenvalue weighted by molar-refractivity contribution is -0.123. The largest absolute Gasteiger partial charge is 0.460 e. The number of carbonyl (C=O) groups is 1. The van der Waals surface area contributed by atoms with Gasteiger partial charge in [0.15, 0.2) is 8.90 Å². The number of benzene rings is 2. The third-order valence-corrected chi connectivity index (χ3v) is 4.20. The first-order valence-electron chi connectivity index (χ1n) is 9.62. The summed E-state index contributed by atoms with van der Waals surface area (Å²) in [6.07, 6.45) is -2.49. The number of ether oxygens (including phenoxy) is 1. The van der Waals surface area contributed by atoms with Crippen LogP contribution in [0.4, 0.5) is 0 Å². The van der Waals surface area contributed by atoms with Crippen LogP contribution in [0, 0.1) is 6.92 Å². The molecule has 25 heavy (non-hydrogen) atoms. The van der Waals surface area contributed by atoms with Crippen molar-refractivity contribution in [2.24, 2.45) is 5.72 Å². The van der Waals surface area contributed by atoms with Gasteiger partial charge in [-0.2, -0.15) is 8.42 Å². The van der Waals surface area contributed by atoms with Crippen LogP contribution in [0.3, 0.4) is 0 Å². The van der Waals surface area contributed by atoms with E-state index in [0.717, 1.165) is 5.56 Å². The summed E-state index contributed by atoms with van der Waals surface area (Å²) in [5, 5.41) is 0. The van der Waals surface area contributed by atoms with E-state index in [2.05, 4.69) is 0 Å². The van der Waals surface area contributed by atoms with Gasteiger partial charge >= 0.3 is 10.1 Å². The molecular weight excluding hydrogens is 342 g/mol. The van der Waals surface area contributed by atoms with Gasteiger partial charge in [-0.05, 0) is 12.5 Å². The minimum Gasteiger partial charge on any atom is -0.460 e. The predicted octanol–water partition coefficient (Wildman–Crippen LogP) is 2.31. The van der Waals surface area contributed by atoms with Crippen molar-refractivity contribution in [2.75, 3.05) is 0 Å². The molecule has 0 amide bonds. The number of Topliss-reactive ketones (excluding diaryl/α,β-unsaturated/α-hetero) is 1. The molecule has 2 aromatic carbocycles. The molecule has 7 heteroatoms. The van der Waals surface area contributed by atoms with Crippen LogP contribution in [-0.2, 0) is 29.5 Å². The van der Waals surface area contributed by atoms with Gasteiger partial charge in [0, 0.05) is 5.56 Å². The Morgan fingerprint density at radius 2 is 1.92 bits per heavy atom. The molecule has 1 heterocycles. The Labute approximate surface area is 153 Å². The SMILES string of the molecule is [2H]N([2H])C1=C(OS(=O)(=O)C([2H])([2H])c2ccccc2)C(=O)[C@@]([2H])(c2ccc(C)cc2)O1. The second-order valence-electron chi connectivity index (χ2n) is 5.27. The fraction of sp³-hybridized carbons (Fsp3) is 0.167. The molecule has 0 radical (unpaired) electrons. The Morgan fingerprint density at radius 1 is 1.24 bits per heavy atom. The van der Waals surface area contributed by atoms with E-state index in [1.54, 1.807) is 25.1 Å².